The molecule has 0 aromatic rings. The molecule has 0 unspecified atom stereocenters. The first-order chi connectivity index (χ1) is 9.90. The van der Waals surface area contributed by atoms with E-state index in [4.69, 9.17) is 4.74 Å². The average Bonchev–Trinajstić information content (AvgIpc) is 2.35. The Kier molecular flexibility index (Phi) is 5.36. The molecule has 1 aliphatic heterocycles. The van der Waals surface area contributed by atoms with Crippen LogP contribution >= 0.6 is 0 Å². The predicted molar refractivity (Wildman–Crippen MR) is 90.2 cm³/mol. The van der Waals surface area contributed by atoms with Crippen molar-refractivity contribution in [2.24, 2.45) is 10.4 Å². The van der Waals surface area contributed by atoms with Crippen molar-refractivity contribution in [3.63, 3.8) is 0 Å². The van der Waals surface area contributed by atoms with Crippen LogP contribution in [0.15, 0.2) is 4.99 Å². The summed E-state index contributed by atoms with van der Waals surface area (Å²) in [4.78, 5) is 18.2. The van der Waals surface area contributed by atoms with Gasteiger partial charge in [0.2, 0.25) is 0 Å². The van der Waals surface area contributed by atoms with Gasteiger partial charge in [-0.25, -0.2) is 4.79 Å². The number of hydrogen-bond donors (Lipinski definition) is 2. The van der Waals surface area contributed by atoms with Gasteiger partial charge < -0.3 is 20.3 Å². The van der Waals surface area contributed by atoms with Crippen LogP contribution in [0, 0.1) is 5.41 Å². The Morgan fingerprint density at radius 2 is 1.73 bits per heavy atom. The highest BCUT2D eigenvalue weighted by Gasteiger charge is 2.53. The molecular formula is C16H32N4O2. The SMILES string of the molecule is CN=C(NCCNC(=O)OC(C)(C)C)N1CC(C)(C)C1(C)C. The van der Waals surface area contributed by atoms with Gasteiger partial charge in [0.25, 0.3) is 0 Å². The lowest BCUT2D eigenvalue weighted by Gasteiger charge is -2.62. The second-order valence-corrected chi connectivity index (χ2v) is 7.93. The molecule has 6 heteroatoms. The Bertz CT molecular complexity index is 436. The van der Waals surface area contributed by atoms with Crippen molar-refractivity contribution in [3.05, 3.63) is 0 Å². The number of guanidine groups is 1. The van der Waals surface area contributed by atoms with E-state index in [-0.39, 0.29) is 11.0 Å². The van der Waals surface area contributed by atoms with Crippen LogP contribution in [-0.2, 0) is 4.74 Å². The number of carbonyl (C=O) groups excluding carboxylic acids is 1. The molecule has 0 spiro atoms. The van der Waals surface area contributed by atoms with E-state index in [2.05, 4.69) is 48.2 Å². The number of alkyl carbamates (subject to hydrolysis) is 1. The Morgan fingerprint density at radius 3 is 2.14 bits per heavy atom. The van der Waals surface area contributed by atoms with Crippen LogP contribution in [0.25, 0.3) is 0 Å². The number of nitrogens with one attached hydrogen (secondary N) is 2. The average molecular weight is 312 g/mol. The largest absolute Gasteiger partial charge is 0.444 e. The van der Waals surface area contributed by atoms with Crippen molar-refractivity contribution in [2.45, 2.75) is 59.6 Å². The standard InChI is InChI=1S/C16H32N4O2/c1-14(2,3)22-13(21)19-10-9-18-12(17-8)20-11-15(4,5)16(20,6)7/h9-11H2,1-8H3,(H,17,18)(H,19,21). The normalized spacial score (nSPS) is 20.2. The van der Waals surface area contributed by atoms with Gasteiger partial charge in [-0.2, -0.15) is 0 Å². The summed E-state index contributed by atoms with van der Waals surface area (Å²) < 4.78 is 5.19. The molecule has 128 valence electrons. The van der Waals surface area contributed by atoms with Gasteiger partial charge in [0.15, 0.2) is 5.96 Å². The highest BCUT2D eigenvalue weighted by atomic mass is 16.6. The van der Waals surface area contributed by atoms with E-state index in [1.165, 1.54) is 0 Å². The highest BCUT2D eigenvalue weighted by molar-refractivity contribution is 5.82. The Morgan fingerprint density at radius 1 is 1.18 bits per heavy atom. The molecule has 1 saturated heterocycles. The first-order valence-corrected chi connectivity index (χ1v) is 7.86. The van der Waals surface area contributed by atoms with E-state index < -0.39 is 11.7 Å². The summed E-state index contributed by atoms with van der Waals surface area (Å²) in [5.74, 6) is 0.871. The molecule has 0 atom stereocenters. The van der Waals surface area contributed by atoms with Crippen molar-refractivity contribution >= 4 is 12.1 Å². The van der Waals surface area contributed by atoms with Gasteiger partial charge in [0.1, 0.15) is 5.60 Å². The molecule has 0 saturated carbocycles. The molecule has 1 aliphatic rings. The van der Waals surface area contributed by atoms with E-state index in [0.717, 1.165) is 12.5 Å². The van der Waals surface area contributed by atoms with E-state index in [1.54, 1.807) is 7.05 Å². The summed E-state index contributed by atoms with van der Waals surface area (Å²) in [6.45, 7) is 16.6. The molecule has 1 heterocycles. The van der Waals surface area contributed by atoms with E-state index in [9.17, 15) is 4.79 Å². The smallest absolute Gasteiger partial charge is 0.407 e. The molecular weight excluding hydrogens is 280 g/mol. The Balaban J connectivity index is 2.37. The van der Waals surface area contributed by atoms with Gasteiger partial charge in [0, 0.05) is 37.6 Å². The minimum Gasteiger partial charge on any atom is -0.444 e. The maximum atomic E-state index is 11.6. The second-order valence-electron chi connectivity index (χ2n) is 7.93. The number of carbonyl (C=O) groups is 1. The van der Waals surface area contributed by atoms with Gasteiger partial charge in [-0.1, -0.05) is 13.8 Å². The van der Waals surface area contributed by atoms with Crippen molar-refractivity contribution in [3.8, 4) is 0 Å². The molecule has 1 rings (SSSR count). The molecule has 1 amide bonds. The van der Waals surface area contributed by atoms with Crippen LogP contribution in [0.2, 0.25) is 0 Å². The van der Waals surface area contributed by atoms with Gasteiger partial charge in [0.05, 0.1) is 0 Å². The first-order valence-electron chi connectivity index (χ1n) is 7.86. The van der Waals surface area contributed by atoms with Gasteiger partial charge in [-0.05, 0) is 34.6 Å². The van der Waals surface area contributed by atoms with Crippen LogP contribution in [0.5, 0.6) is 0 Å². The molecule has 0 radical (unpaired) electrons. The zero-order chi connectivity index (χ0) is 17.2. The zero-order valence-electron chi connectivity index (χ0n) is 15.3. The van der Waals surface area contributed by atoms with Gasteiger partial charge >= 0.3 is 6.09 Å². The summed E-state index contributed by atoms with van der Waals surface area (Å²) in [6, 6.07) is 0. The minimum atomic E-state index is -0.471. The lowest BCUT2D eigenvalue weighted by Crippen LogP contribution is -2.72. The molecule has 2 N–H and O–H groups in total. The van der Waals surface area contributed by atoms with Crippen LogP contribution in [-0.4, -0.2) is 54.8 Å². The van der Waals surface area contributed by atoms with Crippen LogP contribution in [0.1, 0.15) is 48.5 Å². The van der Waals surface area contributed by atoms with E-state index >= 15 is 0 Å². The number of rotatable bonds is 3. The number of nitrogens with zero attached hydrogens (tertiary/aromatic N) is 2. The zero-order valence-corrected chi connectivity index (χ0v) is 15.3. The molecule has 0 bridgehead atoms. The summed E-state index contributed by atoms with van der Waals surface area (Å²) in [5, 5.41) is 6.02. The van der Waals surface area contributed by atoms with Crippen molar-refractivity contribution in [1.82, 2.24) is 15.5 Å². The van der Waals surface area contributed by atoms with Crippen molar-refractivity contribution < 1.29 is 9.53 Å². The molecule has 0 aliphatic carbocycles. The first kappa shape index (κ1) is 18.6. The fourth-order valence-electron chi connectivity index (χ4n) is 2.35. The van der Waals surface area contributed by atoms with Gasteiger partial charge in [-0.15, -0.1) is 0 Å². The summed E-state index contributed by atoms with van der Waals surface area (Å²) >= 11 is 0. The maximum absolute atomic E-state index is 11.6. The Hall–Kier alpha value is -1.46. The molecule has 0 aromatic carbocycles. The topological polar surface area (TPSA) is 66.0 Å². The Labute approximate surface area is 134 Å². The van der Waals surface area contributed by atoms with E-state index in [1.807, 2.05) is 20.8 Å². The van der Waals surface area contributed by atoms with Crippen molar-refractivity contribution in [1.29, 1.82) is 0 Å². The maximum Gasteiger partial charge on any atom is 0.407 e. The summed E-state index contributed by atoms with van der Waals surface area (Å²) in [7, 11) is 1.78. The molecule has 0 aromatic heterocycles. The minimum absolute atomic E-state index is 0.0629. The van der Waals surface area contributed by atoms with Crippen LogP contribution < -0.4 is 10.6 Å². The molecule has 6 nitrogen and oxygen atoms in total. The third kappa shape index (κ3) is 4.27. The number of ether oxygens (including phenoxy) is 1. The van der Waals surface area contributed by atoms with Crippen LogP contribution in [0.3, 0.4) is 0 Å². The fourth-order valence-corrected chi connectivity index (χ4v) is 2.35. The molecule has 22 heavy (non-hydrogen) atoms. The number of hydrogen-bond acceptors (Lipinski definition) is 3. The monoisotopic (exact) mass is 312 g/mol. The third-order valence-electron chi connectivity index (χ3n) is 4.43. The highest BCUT2D eigenvalue weighted by Crippen LogP contribution is 2.46. The molecule has 1 fully saturated rings. The lowest BCUT2D eigenvalue weighted by molar-refractivity contribution is -0.0666. The van der Waals surface area contributed by atoms with Gasteiger partial charge in [-0.3, -0.25) is 4.99 Å². The number of likely N-dealkylation sites (tertiary alicyclic amines) is 1. The number of amides is 1. The third-order valence-corrected chi connectivity index (χ3v) is 4.43. The van der Waals surface area contributed by atoms with E-state index in [0.29, 0.717) is 13.1 Å². The quantitative estimate of drug-likeness (QED) is 0.476. The predicted octanol–water partition coefficient (Wildman–Crippen LogP) is 2.21. The fraction of sp³-hybridized carbons (Fsp3) is 0.875. The van der Waals surface area contributed by atoms with Crippen molar-refractivity contribution in [2.75, 3.05) is 26.7 Å². The second kappa shape index (κ2) is 6.34. The number of aliphatic imine (C=N–C) groups is 1. The summed E-state index contributed by atoms with van der Waals surface area (Å²) in [5.41, 5.74) is -0.145. The van der Waals surface area contributed by atoms with Crippen LogP contribution in [0.4, 0.5) is 4.79 Å². The summed E-state index contributed by atoms with van der Waals surface area (Å²) in [6.07, 6.45) is -0.394. The lowest BCUT2D eigenvalue weighted by atomic mass is 9.65.